The first kappa shape index (κ1) is 16.0. The van der Waals surface area contributed by atoms with Gasteiger partial charge in [0.05, 0.1) is 13.2 Å². The smallest absolute Gasteiger partial charge is 0.226 e. The molecule has 0 spiro atoms. The van der Waals surface area contributed by atoms with Crippen LogP contribution in [0.3, 0.4) is 0 Å². The molecule has 1 atom stereocenters. The quantitative estimate of drug-likeness (QED) is 0.889. The lowest BCUT2D eigenvalue weighted by Gasteiger charge is -2.23. The normalized spacial score (nSPS) is 18.5. The Hall–Kier alpha value is -1.10. The standard InChI is InChI=1S/C14H20N2O2.ClH/c1-2-11-5-3-4-6-13(11)16-14(17)9-12-10-18-8-7-15-12;/h3-6,12,15H,2,7-10H2,1H3,(H,16,17);1H. The number of halogens is 1. The van der Waals surface area contributed by atoms with Gasteiger partial charge in [-0.25, -0.2) is 0 Å². The summed E-state index contributed by atoms with van der Waals surface area (Å²) in [5.41, 5.74) is 2.08. The Labute approximate surface area is 120 Å². The molecule has 2 rings (SSSR count). The number of rotatable bonds is 4. The number of hydrogen-bond acceptors (Lipinski definition) is 3. The van der Waals surface area contributed by atoms with Crippen molar-refractivity contribution in [2.24, 2.45) is 0 Å². The van der Waals surface area contributed by atoms with Gasteiger partial charge >= 0.3 is 0 Å². The van der Waals surface area contributed by atoms with Crippen molar-refractivity contribution in [2.45, 2.75) is 25.8 Å². The molecule has 1 aromatic carbocycles. The number of amides is 1. The van der Waals surface area contributed by atoms with Crippen molar-refractivity contribution in [1.82, 2.24) is 5.32 Å². The maximum absolute atomic E-state index is 11.9. The van der Waals surface area contributed by atoms with Crippen molar-refractivity contribution >= 4 is 24.0 Å². The first-order valence-electron chi connectivity index (χ1n) is 6.48. The van der Waals surface area contributed by atoms with Crippen molar-refractivity contribution in [3.63, 3.8) is 0 Å². The van der Waals surface area contributed by atoms with Gasteiger partial charge in [0, 0.05) is 24.7 Å². The van der Waals surface area contributed by atoms with E-state index < -0.39 is 0 Å². The highest BCUT2D eigenvalue weighted by atomic mass is 35.5. The van der Waals surface area contributed by atoms with Gasteiger partial charge < -0.3 is 15.4 Å². The van der Waals surface area contributed by atoms with Crippen LogP contribution in [0.25, 0.3) is 0 Å². The average Bonchev–Trinajstić information content (AvgIpc) is 2.40. The van der Waals surface area contributed by atoms with E-state index in [0.717, 1.165) is 25.3 Å². The maximum atomic E-state index is 11.9. The Morgan fingerprint density at radius 1 is 1.47 bits per heavy atom. The van der Waals surface area contributed by atoms with Crippen LogP contribution < -0.4 is 10.6 Å². The number of hydrogen-bond donors (Lipinski definition) is 2. The van der Waals surface area contributed by atoms with Gasteiger partial charge in [0.25, 0.3) is 0 Å². The highest BCUT2D eigenvalue weighted by Gasteiger charge is 2.17. The van der Waals surface area contributed by atoms with Gasteiger partial charge in [-0.2, -0.15) is 0 Å². The summed E-state index contributed by atoms with van der Waals surface area (Å²) < 4.78 is 5.34. The van der Waals surface area contributed by atoms with E-state index in [0.29, 0.717) is 13.0 Å². The van der Waals surface area contributed by atoms with E-state index in [1.807, 2.05) is 24.3 Å². The van der Waals surface area contributed by atoms with E-state index in [9.17, 15) is 4.79 Å². The molecule has 1 aliphatic heterocycles. The lowest BCUT2D eigenvalue weighted by atomic mass is 10.1. The second kappa shape index (κ2) is 8.15. The van der Waals surface area contributed by atoms with E-state index in [4.69, 9.17) is 4.74 Å². The average molecular weight is 285 g/mol. The molecule has 19 heavy (non-hydrogen) atoms. The molecule has 1 saturated heterocycles. The molecule has 0 aromatic heterocycles. The number of para-hydroxylation sites is 1. The van der Waals surface area contributed by atoms with E-state index in [1.54, 1.807) is 0 Å². The van der Waals surface area contributed by atoms with Crippen molar-refractivity contribution in [3.05, 3.63) is 29.8 Å². The minimum absolute atomic E-state index is 0. The third-order valence-corrected chi connectivity index (χ3v) is 3.10. The summed E-state index contributed by atoms with van der Waals surface area (Å²) in [4.78, 5) is 11.9. The maximum Gasteiger partial charge on any atom is 0.226 e. The molecular weight excluding hydrogens is 264 g/mol. The Balaban J connectivity index is 0.00000180. The van der Waals surface area contributed by atoms with E-state index in [-0.39, 0.29) is 24.4 Å². The Morgan fingerprint density at radius 2 is 2.26 bits per heavy atom. The van der Waals surface area contributed by atoms with Crippen LogP contribution in [-0.2, 0) is 16.0 Å². The Kier molecular flexibility index (Phi) is 6.84. The molecule has 1 aliphatic rings. The number of aryl methyl sites for hydroxylation is 1. The molecule has 1 unspecified atom stereocenters. The van der Waals surface area contributed by atoms with Crippen LogP contribution in [0, 0.1) is 0 Å². The minimum Gasteiger partial charge on any atom is -0.378 e. The van der Waals surface area contributed by atoms with Gasteiger partial charge in [-0.05, 0) is 18.1 Å². The monoisotopic (exact) mass is 284 g/mol. The molecule has 2 N–H and O–H groups in total. The summed E-state index contributed by atoms with van der Waals surface area (Å²) in [6.07, 6.45) is 1.37. The Bertz CT molecular complexity index is 406. The number of carbonyl (C=O) groups excluding carboxylic acids is 1. The topological polar surface area (TPSA) is 50.4 Å². The fourth-order valence-electron chi connectivity index (χ4n) is 2.13. The largest absolute Gasteiger partial charge is 0.378 e. The fraction of sp³-hybridized carbons (Fsp3) is 0.500. The van der Waals surface area contributed by atoms with Crippen LogP contribution in [0.5, 0.6) is 0 Å². The summed E-state index contributed by atoms with van der Waals surface area (Å²) in [7, 11) is 0. The van der Waals surface area contributed by atoms with Crippen LogP contribution in [-0.4, -0.2) is 31.7 Å². The molecule has 4 nitrogen and oxygen atoms in total. The van der Waals surface area contributed by atoms with Gasteiger partial charge in [-0.3, -0.25) is 4.79 Å². The van der Waals surface area contributed by atoms with E-state index in [2.05, 4.69) is 17.6 Å². The summed E-state index contributed by atoms with van der Waals surface area (Å²) in [6, 6.07) is 8.05. The second-order valence-electron chi connectivity index (χ2n) is 4.49. The lowest BCUT2D eigenvalue weighted by molar-refractivity contribution is -0.117. The number of carbonyl (C=O) groups is 1. The van der Waals surface area contributed by atoms with Crippen LogP contribution in [0.1, 0.15) is 18.9 Å². The van der Waals surface area contributed by atoms with Crippen LogP contribution >= 0.6 is 12.4 Å². The molecule has 0 saturated carbocycles. The number of anilines is 1. The third kappa shape index (κ3) is 4.82. The Morgan fingerprint density at radius 3 is 2.95 bits per heavy atom. The molecule has 1 aromatic rings. The molecule has 0 aliphatic carbocycles. The first-order valence-corrected chi connectivity index (χ1v) is 6.48. The number of morpholine rings is 1. The van der Waals surface area contributed by atoms with Gasteiger partial charge in [0.1, 0.15) is 0 Å². The van der Waals surface area contributed by atoms with E-state index >= 15 is 0 Å². The highest BCUT2D eigenvalue weighted by molar-refractivity contribution is 5.91. The fourth-order valence-corrected chi connectivity index (χ4v) is 2.13. The zero-order valence-corrected chi connectivity index (χ0v) is 12.0. The third-order valence-electron chi connectivity index (χ3n) is 3.10. The summed E-state index contributed by atoms with van der Waals surface area (Å²) in [5, 5.41) is 6.25. The SMILES string of the molecule is CCc1ccccc1NC(=O)CC1COCCN1.Cl. The van der Waals surface area contributed by atoms with Crippen LogP contribution in [0.4, 0.5) is 5.69 Å². The van der Waals surface area contributed by atoms with Gasteiger partial charge in [0.2, 0.25) is 5.91 Å². The highest BCUT2D eigenvalue weighted by Crippen LogP contribution is 2.15. The predicted molar refractivity (Wildman–Crippen MR) is 78.9 cm³/mol. The summed E-state index contributed by atoms with van der Waals surface area (Å²) in [6.45, 7) is 4.25. The molecule has 1 amide bonds. The van der Waals surface area contributed by atoms with Crippen molar-refractivity contribution in [1.29, 1.82) is 0 Å². The molecular formula is C14H21ClN2O2. The van der Waals surface area contributed by atoms with E-state index in [1.165, 1.54) is 5.56 Å². The molecule has 1 heterocycles. The van der Waals surface area contributed by atoms with Crippen molar-refractivity contribution in [2.75, 3.05) is 25.1 Å². The molecule has 106 valence electrons. The van der Waals surface area contributed by atoms with Crippen LogP contribution in [0.15, 0.2) is 24.3 Å². The summed E-state index contributed by atoms with van der Waals surface area (Å²) >= 11 is 0. The molecule has 5 heteroatoms. The first-order chi connectivity index (χ1) is 8.79. The zero-order valence-electron chi connectivity index (χ0n) is 11.1. The van der Waals surface area contributed by atoms with Gasteiger partial charge in [-0.1, -0.05) is 25.1 Å². The van der Waals surface area contributed by atoms with Crippen molar-refractivity contribution in [3.8, 4) is 0 Å². The van der Waals surface area contributed by atoms with Gasteiger partial charge in [0.15, 0.2) is 0 Å². The van der Waals surface area contributed by atoms with Gasteiger partial charge in [-0.15, -0.1) is 12.4 Å². The molecule has 0 bridgehead atoms. The second-order valence-corrected chi connectivity index (χ2v) is 4.49. The zero-order chi connectivity index (χ0) is 12.8. The van der Waals surface area contributed by atoms with Crippen molar-refractivity contribution < 1.29 is 9.53 Å². The number of nitrogens with one attached hydrogen (secondary N) is 2. The minimum atomic E-state index is 0. The number of benzene rings is 1. The lowest BCUT2D eigenvalue weighted by Crippen LogP contribution is -2.43. The number of ether oxygens (including phenoxy) is 1. The summed E-state index contributed by atoms with van der Waals surface area (Å²) in [5.74, 6) is 0.0406. The molecule has 1 fully saturated rings. The van der Waals surface area contributed by atoms with Crippen LogP contribution in [0.2, 0.25) is 0 Å². The molecule has 0 radical (unpaired) electrons. The predicted octanol–water partition coefficient (Wildman–Crippen LogP) is 1.99.